The summed E-state index contributed by atoms with van der Waals surface area (Å²) in [6.45, 7) is 2.15. The molecule has 0 bridgehead atoms. The molecule has 0 aliphatic rings. The van der Waals surface area contributed by atoms with E-state index in [1.165, 1.54) is 0 Å². The summed E-state index contributed by atoms with van der Waals surface area (Å²) in [7, 11) is 0. The zero-order valence-electron chi connectivity index (χ0n) is 10.5. The van der Waals surface area contributed by atoms with E-state index in [4.69, 9.17) is 5.11 Å². The van der Waals surface area contributed by atoms with Crippen molar-refractivity contribution < 1.29 is 14.7 Å². The maximum absolute atomic E-state index is 11.6. The van der Waals surface area contributed by atoms with Crippen molar-refractivity contribution in [2.75, 3.05) is 0 Å². The molecule has 1 unspecified atom stereocenters. The molecule has 0 aliphatic heterocycles. The number of carbonyl (C=O) groups is 2. The largest absolute Gasteiger partial charge is 0.480 e. The van der Waals surface area contributed by atoms with Gasteiger partial charge in [0.25, 0.3) is 0 Å². The highest BCUT2D eigenvalue weighted by Gasteiger charge is 2.18. The number of aromatic nitrogens is 1. The van der Waals surface area contributed by atoms with Gasteiger partial charge in [-0.05, 0) is 34.0 Å². The van der Waals surface area contributed by atoms with Crippen molar-refractivity contribution in [1.82, 2.24) is 15.6 Å². The van der Waals surface area contributed by atoms with Gasteiger partial charge in [-0.2, -0.15) is 0 Å². The first kappa shape index (κ1) is 15.4. The van der Waals surface area contributed by atoms with Crippen molar-refractivity contribution in [3.63, 3.8) is 0 Å². The molecule has 1 heterocycles. The normalized spacial score (nSPS) is 11.7. The Bertz CT molecular complexity index is 454. The van der Waals surface area contributed by atoms with E-state index < -0.39 is 18.0 Å². The Labute approximate surface area is 119 Å². The minimum Gasteiger partial charge on any atom is -0.480 e. The minimum atomic E-state index is -1.03. The number of rotatable bonds is 6. The molecule has 0 saturated carbocycles. The molecule has 0 fully saturated rings. The van der Waals surface area contributed by atoms with E-state index in [-0.39, 0.29) is 6.54 Å². The second-order valence-electron chi connectivity index (χ2n) is 4.02. The molecule has 0 saturated heterocycles. The maximum atomic E-state index is 11.6. The fraction of sp³-hybridized carbons (Fsp3) is 0.417. The standard InChI is InChI=1S/C12H16BrN3O3/c1-2-3-10(11(17)18)16-12(19)15-6-8-4-9(13)7-14-5-8/h4-5,7,10H,2-3,6H2,1H3,(H,17,18)(H2,15,16,19). The highest BCUT2D eigenvalue weighted by atomic mass is 79.9. The highest BCUT2D eigenvalue weighted by Crippen LogP contribution is 2.09. The molecule has 19 heavy (non-hydrogen) atoms. The predicted octanol–water partition coefficient (Wildman–Crippen LogP) is 1.90. The molecule has 104 valence electrons. The number of carbonyl (C=O) groups excluding carboxylic acids is 1. The Morgan fingerprint density at radius 2 is 2.21 bits per heavy atom. The number of urea groups is 1. The molecular weight excluding hydrogens is 314 g/mol. The second-order valence-corrected chi connectivity index (χ2v) is 4.93. The van der Waals surface area contributed by atoms with Crippen LogP contribution < -0.4 is 10.6 Å². The number of pyridine rings is 1. The van der Waals surface area contributed by atoms with E-state index in [1.807, 2.05) is 13.0 Å². The van der Waals surface area contributed by atoms with Gasteiger partial charge in [0.2, 0.25) is 0 Å². The van der Waals surface area contributed by atoms with E-state index >= 15 is 0 Å². The average molecular weight is 330 g/mol. The Balaban J connectivity index is 2.44. The molecule has 3 N–H and O–H groups in total. The number of halogens is 1. The van der Waals surface area contributed by atoms with E-state index in [1.54, 1.807) is 12.4 Å². The zero-order chi connectivity index (χ0) is 14.3. The van der Waals surface area contributed by atoms with Gasteiger partial charge in [0.15, 0.2) is 0 Å². The lowest BCUT2D eigenvalue weighted by Gasteiger charge is -2.14. The number of hydrogen-bond donors (Lipinski definition) is 3. The monoisotopic (exact) mass is 329 g/mol. The zero-order valence-corrected chi connectivity index (χ0v) is 12.1. The highest BCUT2D eigenvalue weighted by molar-refractivity contribution is 9.10. The molecule has 1 aromatic rings. The Hall–Kier alpha value is -1.63. The number of amides is 2. The smallest absolute Gasteiger partial charge is 0.326 e. The number of nitrogens with one attached hydrogen (secondary N) is 2. The Morgan fingerprint density at radius 1 is 1.47 bits per heavy atom. The molecule has 1 aromatic heterocycles. The summed E-state index contributed by atoms with van der Waals surface area (Å²) in [5.41, 5.74) is 0.826. The first-order valence-corrected chi connectivity index (χ1v) is 6.68. The Kier molecular flexibility index (Phi) is 6.27. The third kappa shape index (κ3) is 5.69. The second kappa shape index (κ2) is 7.73. The van der Waals surface area contributed by atoms with Crippen LogP contribution >= 0.6 is 15.9 Å². The molecule has 7 heteroatoms. The van der Waals surface area contributed by atoms with Crippen molar-refractivity contribution in [3.8, 4) is 0 Å². The molecule has 0 radical (unpaired) electrons. The molecule has 1 atom stereocenters. The third-order valence-corrected chi connectivity index (χ3v) is 2.83. The first-order chi connectivity index (χ1) is 9.02. The summed E-state index contributed by atoms with van der Waals surface area (Å²) in [5.74, 6) is -1.03. The van der Waals surface area contributed by atoms with Gasteiger partial charge in [0.05, 0.1) is 0 Å². The van der Waals surface area contributed by atoms with Crippen LogP contribution in [0.15, 0.2) is 22.9 Å². The number of carboxylic acid groups (broad SMARTS) is 1. The topological polar surface area (TPSA) is 91.3 Å². The maximum Gasteiger partial charge on any atom is 0.326 e. The molecule has 6 nitrogen and oxygen atoms in total. The summed E-state index contributed by atoms with van der Waals surface area (Å²) in [6.07, 6.45) is 4.37. The van der Waals surface area contributed by atoms with Crippen LogP contribution in [-0.4, -0.2) is 28.1 Å². The number of hydrogen-bond acceptors (Lipinski definition) is 3. The van der Waals surface area contributed by atoms with Gasteiger partial charge >= 0.3 is 12.0 Å². The quantitative estimate of drug-likeness (QED) is 0.743. The van der Waals surface area contributed by atoms with Crippen molar-refractivity contribution in [3.05, 3.63) is 28.5 Å². The van der Waals surface area contributed by atoms with Crippen molar-refractivity contribution in [1.29, 1.82) is 0 Å². The lowest BCUT2D eigenvalue weighted by atomic mass is 10.2. The summed E-state index contributed by atoms with van der Waals surface area (Å²) in [5, 5.41) is 13.9. The molecular formula is C12H16BrN3O3. The SMILES string of the molecule is CCCC(NC(=O)NCc1cncc(Br)c1)C(=O)O. The van der Waals surface area contributed by atoms with Crippen LogP contribution in [0.2, 0.25) is 0 Å². The van der Waals surface area contributed by atoms with Crippen LogP contribution in [0.25, 0.3) is 0 Å². The average Bonchev–Trinajstić information content (AvgIpc) is 2.36. The van der Waals surface area contributed by atoms with Crippen LogP contribution in [0.4, 0.5) is 4.79 Å². The molecule has 0 spiro atoms. The Morgan fingerprint density at radius 3 is 2.79 bits per heavy atom. The number of carboxylic acids is 1. The van der Waals surface area contributed by atoms with Crippen molar-refractivity contribution >= 4 is 27.9 Å². The van der Waals surface area contributed by atoms with Crippen molar-refractivity contribution in [2.45, 2.75) is 32.4 Å². The van der Waals surface area contributed by atoms with Crippen LogP contribution in [0.3, 0.4) is 0 Å². The summed E-state index contributed by atoms with van der Waals surface area (Å²) in [4.78, 5) is 26.4. The molecule has 2 amide bonds. The first-order valence-electron chi connectivity index (χ1n) is 5.89. The lowest BCUT2D eigenvalue weighted by Crippen LogP contribution is -2.45. The fourth-order valence-corrected chi connectivity index (χ4v) is 1.90. The number of nitrogens with zero attached hydrogens (tertiary/aromatic N) is 1. The summed E-state index contributed by atoms with van der Waals surface area (Å²) >= 11 is 3.28. The van der Waals surface area contributed by atoms with Gasteiger partial charge in [-0.25, -0.2) is 9.59 Å². The van der Waals surface area contributed by atoms with Gasteiger partial charge < -0.3 is 15.7 Å². The minimum absolute atomic E-state index is 0.288. The van der Waals surface area contributed by atoms with Crippen LogP contribution in [0.5, 0.6) is 0 Å². The summed E-state index contributed by atoms with van der Waals surface area (Å²) in [6, 6.07) is 0.472. The van der Waals surface area contributed by atoms with E-state index in [2.05, 4.69) is 31.5 Å². The van der Waals surface area contributed by atoms with Crippen LogP contribution in [-0.2, 0) is 11.3 Å². The van der Waals surface area contributed by atoms with Crippen LogP contribution in [0.1, 0.15) is 25.3 Å². The van der Waals surface area contributed by atoms with E-state index in [0.717, 1.165) is 10.0 Å². The van der Waals surface area contributed by atoms with E-state index in [0.29, 0.717) is 12.8 Å². The lowest BCUT2D eigenvalue weighted by molar-refractivity contribution is -0.139. The van der Waals surface area contributed by atoms with Gasteiger partial charge in [0, 0.05) is 23.4 Å². The van der Waals surface area contributed by atoms with Gasteiger partial charge in [-0.1, -0.05) is 13.3 Å². The fourth-order valence-electron chi connectivity index (χ4n) is 1.49. The molecule has 1 rings (SSSR count). The predicted molar refractivity (Wildman–Crippen MR) is 73.6 cm³/mol. The van der Waals surface area contributed by atoms with Gasteiger partial charge in [-0.3, -0.25) is 4.98 Å². The van der Waals surface area contributed by atoms with Gasteiger partial charge in [0.1, 0.15) is 6.04 Å². The third-order valence-electron chi connectivity index (χ3n) is 2.40. The van der Waals surface area contributed by atoms with Crippen LogP contribution in [0, 0.1) is 0 Å². The molecule has 0 aliphatic carbocycles. The number of aliphatic carboxylic acids is 1. The van der Waals surface area contributed by atoms with E-state index in [9.17, 15) is 9.59 Å². The van der Waals surface area contributed by atoms with Crippen molar-refractivity contribution in [2.24, 2.45) is 0 Å². The summed E-state index contributed by atoms with van der Waals surface area (Å²) < 4.78 is 0.821. The molecule has 0 aromatic carbocycles. The van der Waals surface area contributed by atoms with Gasteiger partial charge in [-0.15, -0.1) is 0 Å².